The highest BCUT2D eigenvalue weighted by molar-refractivity contribution is 5.67. The molecule has 3 rings (SSSR count). The van der Waals surface area contributed by atoms with E-state index < -0.39 is 42.4 Å². The number of nitrogens with zero attached hydrogens (tertiary/aromatic N) is 1. The molecule has 0 saturated carbocycles. The summed E-state index contributed by atoms with van der Waals surface area (Å²) in [7, 11) is 1.59. The molecule has 1 N–H and O–H groups in total. The molecule has 0 spiro atoms. The summed E-state index contributed by atoms with van der Waals surface area (Å²) >= 11 is 0. The Morgan fingerprint density at radius 2 is 1.55 bits per heavy atom. The number of ether oxygens (including phenoxy) is 7. The van der Waals surface area contributed by atoms with E-state index in [1.165, 1.54) is 13.8 Å². The maximum atomic E-state index is 12.0. The van der Waals surface area contributed by atoms with Gasteiger partial charge >= 0.3 is 18.0 Å². The number of esters is 2. The first-order chi connectivity index (χ1) is 21.3. The van der Waals surface area contributed by atoms with E-state index in [-0.39, 0.29) is 32.0 Å². The van der Waals surface area contributed by atoms with E-state index in [1.807, 2.05) is 19.1 Å². The van der Waals surface area contributed by atoms with Crippen LogP contribution in [0.2, 0.25) is 0 Å². The number of rotatable bonds is 16. The minimum atomic E-state index is -0.652. The highest BCUT2D eigenvalue weighted by Crippen LogP contribution is 2.24. The zero-order valence-electron chi connectivity index (χ0n) is 25.5. The number of carbonyl (C=O) groups is 3. The molecule has 0 fully saturated rings. The fraction of sp³-hybridized carbons (Fsp3) is 0.548. The fourth-order valence-electron chi connectivity index (χ4n) is 4.27. The van der Waals surface area contributed by atoms with Crippen LogP contribution in [0, 0.1) is 0 Å². The molecular formula is C31H42N2O11. The van der Waals surface area contributed by atoms with Gasteiger partial charge in [-0.2, -0.15) is 0 Å². The lowest BCUT2D eigenvalue weighted by atomic mass is 10.1. The molecule has 13 nitrogen and oxygen atoms in total. The first-order valence-electron chi connectivity index (χ1n) is 14.6. The molecule has 0 bridgehead atoms. The quantitative estimate of drug-likeness (QED) is 0.0724. The topological polar surface area (TPSA) is 149 Å². The van der Waals surface area contributed by atoms with Gasteiger partial charge in [-0.25, -0.2) is 4.79 Å². The standard InChI is InChI=1S/C31H42N2O11/c1-5-16-32-31(36)39-20-30-28(42-24-8-6-23(37-4)7-9-24)13-11-26(44-30)15-18-40-33-17-14-25-10-12-27(41-22(3)35)29(43-25)19-38-21(2)34/h6-13,17,25-30H,5,14-16,18-20H2,1-4H3,(H,32,36). The number of benzene rings is 1. The van der Waals surface area contributed by atoms with Crippen molar-refractivity contribution in [2.75, 3.05) is 33.5 Å². The smallest absolute Gasteiger partial charge is 0.407 e. The molecular weight excluding hydrogens is 576 g/mol. The number of oxime groups is 1. The first kappa shape index (κ1) is 34.4. The van der Waals surface area contributed by atoms with Gasteiger partial charge in [0, 0.05) is 39.4 Å². The van der Waals surface area contributed by atoms with E-state index in [0.717, 1.165) is 6.42 Å². The van der Waals surface area contributed by atoms with Crippen molar-refractivity contribution in [3.8, 4) is 11.5 Å². The summed E-state index contributed by atoms with van der Waals surface area (Å²) in [5.74, 6) is 0.418. The van der Waals surface area contributed by atoms with Crippen LogP contribution in [0.1, 0.15) is 40.0 Å². The predicted molar refractivity (Wildman–Crippen MR) is 159 cm³/mol. The van der Waals surface area contributed by atoms with Gasteiger partial charge in [0.15, 0.2) is 0 Å². The Bertz CT molecular complexity index is 1140. The molecule has 44 heavy (non-hydrogen) atoms. The van der Waals surface area contributed by atoms with Gasteiger partial charge in [0.05, 0.1) is 19.3 Å². The van der Waals surface area contributed by atoms with Crippen LogP contribution in [0.15, 0.2) is 53.7 Å². The van der Waals surface area contributed by atoms with Gasteiger partial charge in [-0.1, -0.05) is 24.2 Å². The van der Waals surface area contributed by atoms with Crippen molar-refractivity contribution in [3.05, 3.63) is 48.6 Å². The summed E-state index contributed by atoms with van der Waals surface area (Å²) < 4.78 is 39.1. The third-order valence-corrected chi connectivity index (χ3v) is 6.43. The SMILES string of the molecule is CCCNC(=O)OCC1OC(CCON=CCC2C=CC(OC(C)=O)C(COC(C)=O)O2)C=CC1Oc1ccc(OC)cc1. The highest BCUT2D eigenvalue weighted by Gasteiger charge is 2.31. The van der Waals surface area contributed by atoms with Crippen LogP contribution in [0.4, 0.5) is 4.79 Å². The van der Waals surface area contributed by atoms with E-state index in [0.29, 0.717) is 30.9 Å². The lowest BCUT2D eigenvalue weighted by Crippen LogP contribution is -2.43. The van der Waals surface area contributed by atoms with E-state index in [9.17, 15) is 14.4 Å². The van der Waals surface area contributed by atoms with E-state index in [4.69, 9.17) is 38.0 Å². The number of alkyl carbamates (subject to hydrolysis) is 1. The summed E-state index contributed by atoms with van der Waals surface area (Å²) in [6.07, 6.45) is 7.02. The molecule has 2 aliphatic heterocycles. The van der Waals surface area contributed by atoms with Crippen LogP contribution in [-0.4, -0.2) is 94.3 Å². The van der Waals surface area contributed by atoms with Gasteiger partial charge in [-0.15, -0.1) is 0 Å². The molecule has 0 saturated heterocycles. The average molecular weight is 619 g/mol. The van der Waals surface area contributed by atoms with Gasteiger partial charge in [0.1, 0.15) is 55.7 Å². The first-order valence-corrected chi connectivity index (χ1v) is 14.6. The lowest BCUT2D eigenvalue weighted by Gasteiger charge is -2.32. The van der Waals surface area contributed by atoms with Crippen molar-refractivity contribution in [1.82, 2.24) is 5.32 Å². The van der Waals surface area contributed by atoms with Crippen LogP contribution < -0.4 is 14.8 Å². The third-order valence-electron chi connectivity index (χ3n) is 6.43. The van der Waals surface area contributed by atoms with Crippen molar-refractivity contribution < 1.29 is 52.4 Å². The second-order valence-electron chi connectivity index (χ2n) is 10.0. The molecule has 1 amide bonds. The second-order valence-corrected chi connectivity index (χ2v) is 10.0. The zero-order chi connectivity index (χ0) is 31.7. The van der Waals surface area contributed by atoms with Crippen LogP contribution in [0.25, 0.3) is 0 Å². The summed E-state index contributed by atoms with van der Waals surface area (Å²) in [5.41, 5.74) is 0. The van der Waals surface area contributed by atoms with Gasteiger partial charge in [-0.3, -0.25) is 9.59 Å². The van der Waals surface area contributed by atoms with E-state index >= 15 is 0 Å². The number of amides is 1. The zero-order valence-corrected chi connectivity index (χ0v) is 25.5. The summed E-state index contributed by atoms with van der Waals surface area (Å²) in [4.78, 5) is 40.1. The molecule has 1 aromatic carbocycles. The molecule has 1 aromatic rings. The minimum Gasteiger partial charge on any atom is -0.497 e. The molecule has 2 heterocycles. The van der Waals surface area contributed by atoms with Crippen LogP contribution in [-0.2, 0) is 38.1 Å². The molecule has 0 aliphatic carbocycles. The van der Waals surface area contributed by atoms with Gasteiger partial charge in [-0.05, 0) is 42.8 Å². The summed E-state index contributed by atoms with van der Waals surface area (Å²) in [6, 6.07) is 7.18. The predicted octanol–water partition coefficient (Wildman–Crippen LogP) is 3.50. The molecule has 6 atom stereocenters. The summed E-state index contributed by atoms with van der Waals surface area (Å²) in [6.45, 7) is 5.30. The van der Waals surface area contributed by atoms with Crippen molar-refractivity contribution in [2.24, 2.45) is 5.16 Å². The van der Waals surface area contributed by atoms with Gasteiger partial charge < -0.3 is 43.3 Å². The molecule has 0 aromatic heterocycles. The Labute approximate surface area is 257 Å². The van der Waals surface area contributed by atoms with Gasteiger partial charge in [0.2, 0.25) is 0 Å². The number of hydrogen-bond acceptors (Lipinski definition) is 12. The summed E-state index contributed by atoms with van der Waals surface area (Å²) in [5, 5.41) is 6.69. The lowest BCUT2D eigenvalue weighted by molar-refractivity contribution is -0.163. The largest absolute Gasteiger partial charge is 0.497 e. The maximum Gasteiger partial charge on any atom is 0.407 e. The molecule has 13 heteroatoms. The normalized spacial score (nSPS) is 24.4. The van der Waals surface area contributed by atoms with E-state index in [2.05, 4.69) is 10.5 Å². The minimum absolute atomic E-state index is 0.00187. The van der Waals surface area contributed by atoms with Crippen LogP contribution >= 0.6 is 0 Å². The van der Waals surface area contributed by atoms with Crippen molar-refractivity contribution in [2.45, 2.75) is 76.7 Å². The third kappa shape index (κ3) is 12.3. The van der Waals surface area contributed by atoms with E-state index in [1.54, 1.807) is 49.7 Å². The number of methoxy groups -OCH3 is 1. The van der Waals surface area contributed by atoms with Crippen molar-refractivity contribution in [3.63, 3.8) is 0 Å². The van der Waals surface area contributed by atoms with Crippen molar-refractivity contribution in [1.29, 1.82) is 0 Å². The Hall–Kier alpha value is -4.10. The van der Waals surface area contributed by atoms with Crippen molar-refractivity contribution >= 4 is 24.2 Å². The fourth-order valence-corrected chi connectivity index (χ4v) is 4.27. The average Bonchev–Trinajstić information content (AvgIpc) is 3.01. The Morgan fingerprint density at radius 1 is 0.886 bits per heavy atom. The van der Waals surface area contributed by atoms with Gasteiger partial charge in [0.25, 0.3) is 0 Å². The molecule has 6 unspecified atom stereocenters. The Kier molecular flexibility index (Phi) is 14.5. The molecule has 242 valence electrons. The number of nitrogens with one attached hydrogen (secondary N) is 1. The second kappa shape index (κ2) is 18.5. The van der Waals surface area contributed by atoms with Crippen LogP contribution in [0.3, 0.4) is 0 Å². The Morgan fingerprint density at radius 3 is 2.25 bits per heavy atom. The molecule has 0 radical (unpaired) electrons. The van der Waals surface area contributed by atoms with Crippen LogP contribution in [0.5, 0.6) is 11.5 Å². The molecule has 2 aliphatic rings. The Balaban J connectivity index is 1.48. The monoisotopic (exact) mass is 618 g/mol. The maximum absolute atomic E-state index is 12.0. The highest BCUT2D eigenvalue weighted by atomic mass is 16.6. The number of hydrogen-bond donors (Lipinski definition) is 1. The number of carbonyl (C=O) groups excluding carboxylic acids is 3.